The lowest BCUT2D eigenvalue weighted by Gasteiger charge is -2.16. The van der Waals surface area contributed by atoms with Crippen LogP contribution in [0.3, 0.4) is 0 Å². The molecule has 2 unspecified atom stereocenters. The van der Waals surface area contributed by atoms with Gasteiger partial charge in [-0.2, -0.15) is 0 Å². The van der Waals surface area contributed by atoms with Gasteiger partial charge in [0.15, 0.2) is 0 Å². The van der Waals surface area contributed by atoms with E-state index in [1.807, 2.05) is 12.2 Å². The Morgan fingerprint density at radius 1 is 1.78 bits per heavy atom. The van der Waals surface area contributed by atoms with Crippen molar-refractivity contribution in [3.05, 3.63) is 12.2 Å². The molecule has 0 saturated carbocycles. The molecule has 0 heterocycles. The SMILES string of the molecule is NC1CC(Cl)C=CC1=S. The van der Waals surface area contributed by atoms with Gasteiger partial charge in [0.25, 0.3) is 0 Å². The summed E-state index contributed by atoms with van der Waals surface area (Å²) in [6, 6.07) is -0.00694. The molecule has 0 aromatic carbocycles. The van der Waals surface area contributed by atoms with Gasteiger partial charge in [-0.1, -0.05) is 18.3 Å². The van der Waals surface area contributed by atoms with Gasteiger partial charge in [-0.3, -0.25) is 0 Å². The maximum absolute atomic E-state index is 5.75. The maximum Gasteiger partial charge on any atom is 0.0537 e. The van der Waals surface area contributed by atoms with E-state index in [4.69, 9.17) is 29.6 Å². The van der Waals surface area contributed by atoms with E-state index < -0.39 is 0 Å². The minimum atomic E-state index is -0.00694. The van der Waals surface area contributed by atoms with Crippen LogP contribution in [0.15, 0.2) is 12.2 Å². The molecule has 1 nitrogen and oxygen atoms in total. The monoisotopic (exact) mass is 161 g/mol. The number of hydrogen-bond acceptors (Lipinski definition) is 2. The average molecular weight is 162 g/mol. The Morgan fingerprint density at radius 3 is 2.89 bits per heavy atom. The first-order valence-corrected chi connectivity index (χ1v) is 3.66. The predicted octanol–water partition coefficient (Wildman–Crippen LogP) is 1.25. The zero-order chi connectivity index (χ0) is 6.85. The highest BCUT2D eigenvalue weighted by Crippen LogP contribution is 2.13. The highest BCUT2D eigenvalue weighted by atomic mass is 35.5. The van der Waals surface area contributed by atoms with Crippen LogP contribution in [0.25, 0.3) is 0 Å². The fourth-order valence-corrected chi connectivity index (χ4v) is 1.20. The van der Waals surface area contributed by atoms with Crippen LogP contribution in [0.5, 0.6) is 0 Å². The number of rotatable bonds is 0. The van der Waals surface area contributed by atoms with Gasteiger partial charge in [-0.05, 0) is 12.5 Å². The van der Waals surface area contributed by atoms with Crippen molar-refractivity contribution < 1.29 is 0 Å². The van der Waals surface area contributed by atoms with E-state index in [1.54, 1.807) is 0 Å². The number of nitrogens with two attached hydrogens (primary N) is 1. The van der Waals surface area contributed by atoms with Crippen molar-refractivity contribution in [1.29, 1.82) is 0 Å². The summed E-state index contributed by atoms with van der Waals surface area (Å²) in [4.78, 5) is 0.812. The van der Waals surface area contributed by atoms with E-state index in [1.165, 1.54) is 0 Å². The smallest absolute Gasteiger partial charge is 0.0537 e. The Kier molecular flexibility index (Phi) is 2.22. The molecule has 0 aromatic rings. The lowest BCUT2D eigenvalue weighted by Crippen LogP contribution is -2.33. The molecule has 3 heteroatoms. The Bertz CT molecular complexity index is 155. The molecule has 9 heavy (non-hydrogen) atoms. The van der Waals surface area contributed by atoms with Crippen LogP contribution in [0.2, 0.25) is 0 Å². The summed E-state index contributed by atoms with van der Waals surface area (Å²) in [5.41, 5.74) is 5.59. The van der Waals surface area contributed by atoms with Crippen molar-refractivity contribution in [1.82, 2.24) is 0 Å². The Balaban J connectivity index is 2.65. The molecule has 50 valence electrons. The Hall–Kier alpha value is 0.0800. The first-order valence-electron chi connectivity index (χ1n) is 2.82. The highest BCUT2D eigenvalue weighted by Gasteiger charge is 2.15. The second-order valence-corrected chi connectivity index (χ2v) is 3.15. The van der Waals surface area contributed by atoms with Gasteiger partial charge in [0, 0.05) is 10.9 Å². The fourth-order valence-electron chi connectivity index (χ4n) is 0.760. The molecule has 0 amide bonds. The molecule has 0 spiro atoms. The summed E-state index contributed by atoms with van der Waals surface area (Å²) in [5, 5.41) is 0.0756. The minimum Gasteiger partial charge on any atom is -0.323 e. The molecule has 0 radical (unpaired) electrons. The summed E-state index contributed by atoms with van der Waals surface area (Å²) >= 11 is 10.7. The van der Waals surface area contributed by atoms with Crippen LogP contribution in [0, 0.1) is 0 Å². The fraction of sp³-hybridized carbons (Fsp3) is 0.500. The van der Waals surface area contributed by atoms with Crippen molar-refractivity contribution in [2.45, 2.75) is 17.8 Å². The zero-order valence-corrected chi connectivity index (χ0v) is 6.45. The Labute approximate surface area is 64.9 Å². The van der Waals surface area contributed by atoms with Crippen molar-refractivity contribution in [3.63, 3.8) is 0 Å². The van der Waals surface area contributed by atoms with Crippen LogP contribution in [-0.4, -0.2) is 16.3 Å². The van der Waals surface area contributed by atoms with Gasteiger partial charge in [-0.25, -0.2) is 0 Å². The molecule has 0 aromatic heterocycles. The average Bonchev–Trinajstić information content (AvgIpc) is 1.80. The topological polar surface area (TPSA) is 26.0 Å². The van der Waals surface area contributed by atoms with Crippen molar-refractivity contribution >= 4 is 28.7 Å². The normalized spacial score (nSPS) is 35.1. The van der Waals surface area contributed by atoms with E-state index >= 15 is 0 Å². The van der Waals surface area contributed by atoms with E-state index in [9.17, 15) is 0 Å². The molecule has 1 aliphatic rings. The van der Waals surface area contributed by atoms with Crippen LogP contribution in [0.4, 0.5) is 0 Å². The van der Waals surface area contributed by atoms with Crippen LogP contribution in [0.1, 0.15) is 6.42 Å². The first-order chi connectivity index (χ1) is 4.20. The van der Waals surface area contributed by atoms with Gasteiger partial charge in [0.05, 0.1) is 5.38 Å². The lowest BCUT2D eigenvalue weighted by molar-refractivity contribution is 0.768. The molecule has 2 N–H and O–H groups in total. The summed E-state index contributed by atoms with van der Waals surface area (Å²) in [6.07, 6.45) is 4.48. The lowest BCUT2D eigenvalue weighted by atomic mass is 10.0. The maximum atomic E-state index is 5.75. The predicted molar refractivity (Wildman–Crippen MR) is 44.0 cm³/mol. The largest absolute Gasteiger partial charge is 0.323 e. The van der Waals surface area contributed by atoms with Gasteiger partial charge >= 0.3 is 0 Å². The molecular weight excluding hydrogens is 154 g/mol. The number of alkyl halides is 1. The van der Waals surface area contributed by atoms with Crippen molar-refractivity contribution in [3.8, 4) is 0 Å². The molecule has 1 rings (SSSR count). The van der Waals surface area contributed by atoms with E-state index in [0.717, 1.165) is 11.3 Å². The standard InChI is InChI=1S/C6H8ClNS/c7-4-1-2-6(9)5(8)3-4/h1-2,4-5H,3,8H2. The van der Waals surface area contributed by atoms with Gasteiger partial charge in [-0.15, -0.1) is 11.6 Å². The number of allylic oxidation sites excluding steroid dienone is 1. The summed E-state index contributed by atoms with van der Waals surface area (Å²) in [5.74, 6) is 0. The molecular formula is C6H8ClNS. The van der Waals surface area contributed by atoms with E-state index in [-0.39, 0.29) is 11.4 Å². The van der Waals surface area contributed by atoms with Crippen molar-refractivity contribution in [2.24, 2.45) is 5.73 Å². The van der Waals surface area contributed by atoms with Gasteiger partial charge < -0.3 is 5.73 Å². The number of halogens is 1. The molecule has 0 aliphatic heterocycles. The van der Waals surface area contributed by atoms with Crippen LogP contribution in [-0.2, 0) is 0 Å². The van der Waals surface area contributed by atoms with Crippen molar-refractivity contribution in [2.75, 3.05) is 0 Å². The second kappa shape index (κ2) is 2.78. The summed E-state index contributed by atoms with van der Waals surface area (Å²) in [7, 11) is 0. The summed E-state index contributed by atoms with van der Waals surface area (Å²) in [6.45, 7) is 0. The molecule has 2 atom stereocenters. The second-order valence-electron chi connectivity index (χ2n) is 2.12. The third-order valence-corrected chi connectivity index (χ3v) is 2.08. The molecule has 1 aliphatic carbocycles. The molecule has 0 bridgehead atoms. The van der Waals surface area contributed by atoms with E-state index in [0.29, 0.717) is 0 Å². The third-order valence-electron chi connectivity index (χ3n) is 1.31. The molecule has 0 saturated heterocycles. The van der Waals surface area contributed by atoms with Gasteiger partial charge in [0.2, 0.25) is 0 Å². The minimum absolute atomic E-state index is 0.00694. The van der Waals surface area contributed by atoms with Gasteiger partial charge in [0.1, 0.15) is 0 Å². The third kappa shape index (κ3) is 1.75. The highest BCUT2D eigenvalue weighted by molar-refractivity contribution is 7.80. The first kappa shape index (κ1) is 7.19. The van der Waals surface area contributed by atoms with Crippen LogP contribution >= 0.6 is 23.8 Å². The number of thiocarbonyl (C=S) groups is 1. The number of hydrogen-bond donors (Lipinski definition) is 1. The quantitative estimate of drug-likeness (QED) is 0.428. The summed E-state index contributed by atoms with van der Waals surface area (Å²) < 4.78 is 0. The zero-order valence-electron chi connectivity index (χ0n) is 4.88. The molecule has 0 fully saturated rings. The Morgan fingerprint density at radius 2 is 2.44 bits per heavy atom. The van der Waals surface area contributed by atoms with E-state index in [2.05, 4.69) is 0 Å². The van der Waals surface area contributed by atoms with Crippen LogP contribution < -0.4 is 5.73 Å².